The van der Waals surface area contributed by atoms with Crippen molar-refractivity contribution in [1.29, 1.82) is 0 Å². The minimum atomic E-state index is -0.780. The van der Waals surface area contributed by atoms with Crippen molar-refractivity contribution in [3.05, 3.63) is 48.6 Å². The lowest BCUT2D eigenvalue weighted by atomic mass is 10.1. The summed E-state index contributed by atoms with van der Waals surface area (Å²) in [5.74, 6) is -0.894. The molecule has 0 aromatic carbocycles. The molecule has 0 aliphatic rings. The lowest BCUT2D eigenvalue weighted by molar-refractivity contribution is -0.167. The van der Waals surface area contributed by atoms with E-state index in [2.05, 4.69) is 69.4 Å². The molecule has 0 radical (unpaired) electrons. The molecule has 0 heterocycles. The van der Waals surface area contributed by atoms with E-state index in [4.69, 9.17) is 14.2 Å². The Labute approximate surface area is 390 Å². The van der Waals surface area contributed by atoms with Gasteiger partial charge in [0, 0.05) is 19.3 Å². The van der Waals surface area contributed by atoms with E-state index in [1.807, 2.05) is 0 Å². The van der Waals surface area contributed by atoms with Crippen LogP contribution in [0.5, 0.6) is 0 Å². The second-order valence-electron chi connectivity index (χ2n) is 18.1. The largest absolute Gasteiger partial charge is 0.462 e. The van der Waals surface area contributed by atoms with E-state index >= 15 is 0 Å². The first-order chi connectivity index (χ1) is 31.0. The molecule has 0 saturated carbocycles. The quantitative estimate of drug-likeness (QED) is 0.0262. The molecule has 0 aliphatic carbocycles. The second-order valence-corrected chi connectivity index (χ2v) is 18.1. The normalized spacial score (nSPS) is 12.4. The molecule has 1 unspecified atom stereocenters. The highest BCUT2D eigenvalue weighted by Gasteiger charge is 2.19. The van der Waals surface area contributed by atoms with E-state index in [9.17, 15) is 14.4 Å². The molecule has 0 N–H and O–H groups in total. The molecule has 0 aromatic heterocycles. The third kappa shape index (κ3) is 50.2. The minimum absolute atomic E-state index is 0.0802. The van der Waals surface area contributed by atoms with Crippen molar-refractivity contribution in [1.82, 2.24) is 0 Å². The molecule has 6 nitrogen and oxygen atoms in total. The van der Waals surface area contributed by atoms with E-state index in [-0.39, 0.29) is 31.1 Å². The van der Waals surface area contributed by atoms with Crippen LogP contribution in [0.25, 0.3) is 0 Å². The average Bonchev–Trinajstić information content (AvgIpc) is 3.28. The third-order valence-electron chi connectivity index (χ3n) is 11.8. The summed E-state index contributed by atoms with van der Waals surface area (Å²) < 4.78 is 16.8. The summed E-state index contributed by atoms with van der Waals surface area (Å²) in [5.41, 5.74) is 0. The monoisotopic (exact) mass is 883 g/mol. The summed E-state index contributed by atoms with van der Waals surface area (Å²) in [6, 6.07) is 0. The molecule has 366 valence electrons. The van der Waals surface area contributed by atoms with Crippen LogP contribution in [0.1, 0.15) is 278 Å². The molecular weight excluding hydrogens is 781 g/mol. The first-order valence-corrected chi connectivity index (χ1v) is 27.1. The number of ether oxygens (including phenoxy) is 3. The van der Waals surface area contributed by atoms with Crippen LogP contribution >= 0.6 is 0 Å². The van der Waals surface area contributed by atoms with Crippen molar-refractivity contribution >= 4 is 17.9 Å². The molecule has 0 amide bonds. The number of rotatable bonds is 49. The standard InChI is InChI=1S/C57H102O6/c1-4-7-10-13-16-19-22-25-27-28-29-30-31-33-35-38-41-44-47-50-56(59)62-53-54(52-61-55(58)49-46-43-40-37-34-24-21-18-15-12-9-6-3)63-57(60)51-48-45-42-39-36-32-26-23-20-17-14-11-8-5-2/h16,18-19,21,23,25-27,54H,4-15,17,20,22,24,28-53H2,1-3H3/b19-16-,21-18-,26-23-,27-25-. The summed E-state index contributed by atoms with van der Waals surface area (Å²) in [4.78, 5) is 38.0. The van der Waals surface area contributed by atoms with Crippen molar-refractivity contribution in [2.75, 3.05) is 13.2 Å². The van der Waals surface area contributed by atoms with Gasteiger partial charge in [-0.25, -0.2) is 0 Å². The molecular formula is C57H102O6. The Bertz CT molecular complexity index is 1110. The van der Waals surface area contributed by atoms with Gasteiger partial charge in [-0.2, -0.15) is 0 Å². The van der Waals surface area contributed by atoms with E-state index in [0.29, 0.717) is 19.3 Å². The Hall–Kier alpha value is -2.63. The number of hydrogen-bond donors (Lipinski definition) is 0. The molecule has 0 saturated heterocycles. The zero-order valence-electron chi connectivity index (χ0n) is 41.8. The lowest BCUT2D eigenvalue weighted by Crippen LogP contribution is -2.30. The molecule has 63 heavy (non-hydrogen) atoms. The van der Waals surface area contributed by atoms with E-state index in [0.717, 1.165) is 83.5 Å². The summed E-state index contributed by atoms with van der Waals surface area (Å²) in [6.07, 6.45) is 62.3. The van der Waals surface area contributed by atoms with Gasteiger partial charge in [-0.15, -0.1) is 0 Å². The average molecular weight is 883 g/mol. The molecule has 6 heteroatoms. The summed E-state index contributed by atoms with van der Waals surface area (Å²) >= 11 is 0. The maximum Gasteiger partial charge on any atom is 0.306 e. The topological polar surface area (TPSA) is 78.9 Å². The fourth-order valence-corrected chi connectivity index (χ4v) is 7.64. The van der Waals surface area contributed by atoms with Crippen LogP contribution in [-0.4, -0.2) is 37.2 Å². The molecule has 1 atom stereocenters. The maximum atomic E-state index is 12.8. The number of hydrogen-bond acceptors (Lipinski definition) is 6. The highest BCUT2D eigenvalue weighted by Crippen LogP contribution is 2.15. The number of esters is 3. The lowest BCUT2D eigenvalue weighted by Gasteiger charge is -2.18. The van der Waals surface area contributed by atoms with Crippen LogP contribution in [0.3, 0.4) is 0 Å². The highest BCUT2D eigenvalue weighted by atomic mass is 16.6. The predicted octanol–water partition coefficient (Wildman–Crippen LogP) is 17.9. The van der Waals surface area contributed by atoms with Crippen LogP contribution < -0.4 is 0 Å². The second kappa shape index (κ2) is 52.0. The summed E-state index contributed by atoms with van der Waals surface area (Å²) in [6.45, 7) is 6.58. The number of allylic oxidation sites excluding steroid dienone is 8. The first kappa shape index (κ1) is 60.4. The Morgan fingerprint density at radius 2 is 0.571 bits per heavy atom. The van der Waals surface area contributed by atoms with Crippen LogP contribution in [0.4, 0.5) is 0 Å². The van der Waals surface area contributed by atoms with E-state index < -0.39 is 6.10 Å². The van der Waals surface area contributed by atoms with Gasteiger partial charge in [0.25, 0.3) is 0 Å². The van der Waals surface area contributed by atoms with Gasteiger partial charge in [-0.1, -0.05) is 204 Å². The number of unbranched alkanes of at least 4 members (excludes halogenated alkanes) is 30. The zero-order valence-corrected chi connectivity index (χ0v) is 41.8. The highest BCUT2D eigenvalue weighted by molar-refractivity contribution is 5.71. The summed E-state index contributed by atoms with van der Waals surface area (Å²) in [7, 11) is 0. The molecule has 0 aliphatic heterocycles. The van der Waals surface area contributed by atoms with E-state index in [1.165, 1.54) is 154 Å². The van der Waals surface area contributed by atoms with Gasteiger partial charge in [0.2, 0.25) is 0 Å². The Morgan fingerprint density at radius 3 is 0.921 bits per heavy atom. The van der Waals surface area contributed by atoms with Crippen molar-refractivity contribution in [2.45, 2.75) is 284 Å². The van der Waals surface area contributed by atoms with Gasteiger partial charge in [0.15, 0.2) is 6.10 Å². The Morgan fingerprint density at radius 1 is 0.317 bits per heavy atom. The SMILES string of the molecule is CCCCC/C=C\C/C=C\CCCCCCCCCCCC(=O)OCC(COC(=O)CCCCCCC/C=C\CCCCC)OC(=O)CCCCCCC/C=C\CCCCCCC. The molecule has 0 bridgehead atoms. The Balaban J connectivity index is 4.35. The van der Waals surface area contributed by atoms with Gasteiger partial charge in [0.05, 0.1) is 0 Å². The van der Waals surface area contributed by atoms with Gasteiger partial charge in [-0.05, 0) is 103 Å². The van der Waals surface area contributed by atoms with Gasteiger partial charge < -0.3 is 14.2 Å². The van der Waals surface area contributed by atoms with Crippen LogP contribution in [0.2, 0.25) is 0 Å². The minimum Gasteiger partial charge on any atom is -0.462 e. The molecule has 0 rings (SSSR count). The Kier molecular flexibility index (Phi) is 49.8. The predicted molar refractivity (Wildman–Crippen MR) is 270 cm³/mol. The number of carbonyl (C=O) groups is 3. The van der Waals surface area contributed by atoms with Gasteiger partial charge in [0.1, 0.15) is 13.2 Å². The van der Waals surface area contributed by atoms with Crippen LogP contribution in [0, 0.1) is 0 Å². The number of carbonyl (C=O) groups excluding carboxylic acids is 3. The zero-order chi connectivity index (χ0) is 45.8. The fourth-order valence-electron chi connectivity index (χ4n) is 7.64. The van der Waals surface area contributed by atoms with Crippen LogP contribution in [0.15, 0.2) is 48.6 Å². The van der Waals surface area contributed by atoms with Crippen molar-refractivity contribution in [3.8, 4) is 0 Å². The maximum absolute atomic E-state index is 12.8. The molecule has 0 aromatic rings. The van der Waals surface area contributed by atoms with Gasteiger partial charge in [-0.3, -0.25) is 14.4 Å². The smallest absolute Gasteiger partial charge is 0.306 e. The third-order valence-corrected chi connectivity index (χ3v) is 11.8. The van der Waals surface area contributed by atoms with E-state index in [1.54, 1.807) is 0 Å². The van der Waals surface area contributed by atoms with Crippen molar-refractivity contribution < 1.29 is 28.6 Å². The van der Waals surface area contributed by atoms with Crippen LogP contribution in [-0.2, 0) is 28.6 Å². The summed E-state index contributed by atoms with van der Waals surface area (Å²) in [5, 5.41) is 0. The molecule has 0 fully saturated rings. The molecule has 0 spiro atoms. The van der Waals surface area contributed by atoms with Crippen molar-refractivity contribution in [2.24, 2.45) is 0 Å². The fraction of sp³-hybridized carbons (Fsp3) is 0.807. The first-order valence-electron chi connectivity index (χ1n) is 27.1. The van der Waals surface area contributed by atoms with Crippen molar-refractivity contribution in [3.63, 3.8) is 0 Å². The van der Waals surface area contributed by atoms with Gasteiger partial charge >= 0.3 is 17.9 Å².